The summed E-state index contributed by atoms with van der Waals surface area (Å²) in [5, 5.41) is 5.10. The van der Waals surface area contributed by atoms with Crippen LogP contribution < -0.4 is 16.4 Å². The first-order valence-corrected chi connectivity index (χ1v) is 11.3. The number of anilines is 2. The number of nitrogens with one attached hydrogen (secondary N) is 2. The number of likely N-dealkylation sites (tertiary alicyclic amines) is 1. The zero-order chi connectivity index (χ0) is 24.9. The van der Waals surface area contributed by atoms with E-state index in [0.29, 0.717) is 19.4 Å². The number of halogens is 2. The quantitative estimate of drug-likeness (QED) is 0.453. The van der Waals surface area contributed by atoms with Crippen LogP contribution in [0.4, 0.5) is 29.2 Å². The first-order chi connectivity index (χ1) is 16.8. The van der Waals surface area contributed by atoms with E-state index in [1.165, 1.54) is 35.6 Å². The molecule has 1 fully saturated rings. The number of nitrogens with zero attached hydrogens (tertiary/aromatic N) is 3. The monoisotopic (exact) mass is 502 g/mol. The topological polar surface area (TPSA) is 140 Å². The summed E-state index contributed by atoms with van der Waals surface area (Å²) in [6.45, 7) is 0.603. The molecular formula is C22H20F2N6O4S. The van der Waals surface area contributed by atoms with Crippen molar-refractivity contribution in [2.45, 2.75) is 18.9 Å². The van der Waals surface area contributed by atoms with Gasteiger partial charge in [0.2, 0.25) is 0 Å². The van der Waals surface area contributed by atoms with Crippen molar-refractivity contribution in [1.29, 1.82) is 0 Å². The number of rotatable bonds is 5. The smallest absolute Gasteiger partial charge is 0.341 e. The maximum Gasteiger partial charge on any atom is 0.341 e. The van der Waals surface area contributed by atoms with Gasteiger partial charge in [-0.25, -0.2) is 28.1 Å². The Balaban J connectivity index is 1.59. The van der Waals surface area contributed by atoms with Gasteiger partial charge in [0.25, 0.3) is 0 Å². The Labute approximate surface area is 202 Å². The number of benzene rings is 1. The molecule has 1 aliphatic rings. The summed E-state index contributed by atoms with van der Waals surface area (Å²) < 4.78 is 33.4. The standard InChI is InChI=1S/C22H20F2N6O4S/c23-12-3-4-14(16(24)8-12)17-9-15(20(31)34-13-2-1-7-30(11-13)21(25)32)19(35-17)29-22(33)28-18-10-26-5-6-27-18/h3-6,8-10,13H,1-2,7,11H2,(H2,25,32)(H2,27,28,29,33). The van der Waals surface area contributed by atoms with Gasteiger partial charge in [0.1, 0.15) is 22.7 Å². The van der Waals surface area contributed by atoms with Crippen LogP contribution in [0.25, 0.3) is 10.4 Å². The maximum atomic E-state index is 14.4. The van der Waals surface area contributed by atoms with E-state index in [1.807, 2.05) is 0 Å². The number of esters is 1. The van der Waals surface area contributed by atoms with E-state index in [0.717, 1.165) is 23.5 Å². The molecule has 3 heterocycles. The molecule has 0 spiro atoms. The third-order valence-corrected chi connectivity index (χ3v) is 6.23. The lowest BCUT2D eigenvalue weighted by Crippen LogP contribution is -2.46. The van der Waals surface area contributed by atoms with Crippen molar-refractivity contribution in [3.05, 3.63) is 60.1 Å². The Bertz CT molecular complexity index is 1260. The van der Waals surface area contributed by atoms with Crippen molar-refractivity contribution in [2.24, 2.45) is 5.73 Å². The largest absolute Gasteiger partial charge is 0.457 e. The lowest BCUT2D eigenvalue weighted by atomic mass is 10.1. The Hall–Kier alpha value is -4.13. The van der Waals surface area contributed by atoms with Crippen molar-refractivity contribution >= 4 is 40.2 Å². The average Bonchev–Trinajstić information content (AvgIpc) is 3.23. The molecular weight excluding hydrogens is 482 g/mol. The van der Waals surface area contributed by atoms with E-state index in [2.05, 4.69) is 20.6 Å². The summed E-state index contributed by atoms with van der Waals surface area (Å²) in [6, 6.07) is 3.08. The number of aromatic nitrogens is 2. The van der Waals surface area contributed by atoms with E-state index >= 15 is 0 Å². The fraction of sp³-hybridized carbons (Fsp3) is 0.227. The molecule has 0 saturated carbocycles. The van der Waals surface area contributed by atoms with Gasteiger partial charge >= 0.3 is 18.0 Å². The average molecular weight is 503 g/mol. The number of primary amides is 1. The number of amides is 4. The van der Waals surface area contributed by atoms with E-state index in [4.69, 9.17) is 10.5 Å². The van der Waals surface area contributed by atoms with Crippen LogP contribution in [0, 0.1) is 11.6 Å². The van der Waals surface area contributed by atoms with Crippen LogP contribution in [0.3, 0.4) is 0 Å². The molecule has 4 amide bonds. The van der Waals surface area contributed by atoms with Crippen LogP contribution in [0.5, 0.6) is 0 Å². The molecule has 2 aromatic heterocycles. The Morgan fingerprint density at radius 1 is 1.17 bits per heavy atom. The number of carbonyl (C=O) groups is 3. The number of urea groups is 2. The molecule has 10 nitrogen and oxygen atoms in total. The van der Waals surface area contributed by atoms with Gasteiger partial charge in [-0.1, -0.05) is 0 Å². The maximum absolute atomic E-state index is 14.4. The molecule has 182 valence electrons. The van der Waals surface area contributed by atoms with Crippen LogP contribution in [-0.4, -0.2) is 52.1 Å². The molecule has 0 bridgehead atoms. The molecule has 0 radical (unpaired) electrons. The van der Waals surface area contributed by atoms with E-state index in [-0.39, 0.29) is 33.4 Å². The molecule has 1 aliphatic heterocycles. The van der Waals surface area contributed by atoms with Gasteiger partial charge < -0.3 is 15.4 Å². The number of hydrogen-bond donors (Lipinski definition) is 3. The SMILES string of the molecule is NC(=O)N1CCCC(OC(=O)c2cc(-c3ccc(F)cc3F)sc2NC(=O)Nc2cnccn2)C1. The predicted octanol–water partition coefficient (Wildman–Crippen LogP) is 3.83. The molecule has 3 aromatic rings. The van der Waals surface area contributed by atoms with E-state index in [1.54, 1.807) is 0 Å². The molecule has 1 saturated heterocycles. The first-order valence-electron chi connectivity index (χ1n) is 10.5. The third kappa shape index (κ3) is 5.87. The summed E-state index contributed by atoms with van der Waals surface area (Å²) in [6.07, 6.45) is 4.67. The molecule has 4 rings (SSSR count). The first kappa shape index (κ1) is 24.0. The fourth-order valence-electron chi connectivity index (χ4n) is 3.52. The molecule has 1 unspecified atom stereocenters. The molecule has 4 N–H and O–H groups in total. The van der Waals surface area contributed by atoms with Crippen LogP contribution in [0.1, 0.15) is 23.2 Å². The Morgan fingerprint density at radius 2 is 2.00 bits per heavy atom. The molecule has 1 aromatic carbocycles. The summed E-state index contributed by atoms with van der Waals surface area (Å²) in [7, 11) is 0. The van der Waals surface area contributed by atoms with Crippen molar-refractivity contribution in [2.75, 3.05) is 23.7 Å². The van der Waals surface area contributed by atoms with Gasteiger partial charge in [-0.2, -0.15) is 0 Å². The second-order valence-corrected chi connectivity index (χ2v) is 8.65. The van der Waals surface area contributed by atoms with Crippen LogP contribution in [0.15, 0.2) is 42.9 Å². The second kappa shape index (κ2) is 10.4. The Kier molecular flexibility index (Phi) is 7.15. The lowest BCUT2D eigenvalue weighted by Gasteiger charge is -2.31. The zero-order valence-corrected chi connectivity index (χ0v) is 19.0. The van der Waals surface area contributed by atoms with Gasteiger partial charge in [-0.15, -0.1) is 11.3 Å². The highest BCUT2D eigenvalue weighted by atomic mass is 32.1. The van der Waals surface area contributed by atoms with Crippen molar-refractivity contribution in [3.8, 4) is 10.4 Å². The lowest BCUT2D eigenvalue weighted by molar-refractivity contribution is 0.0129. The third-order valence-electron chi connectivity index (χ3n) is 5.14. The molecule has 35 heavy (non-hydrogen) atoms. The van der Waals surface area contributed by atoms with Gasteiger partial charge in [0, 0.05) is 35.4 Å². The van der Waals surface area contributed by atoms with E-state index < -0.39 is 35.8 Å². The minimum absolute atomic E-state index is 0.0285. The predicted molar refractivity (Wildman–Crippen MR) is 124 cm³/mol. The number of thiophene rings is 1. The van der Waals surface area contributed by atoms with Crippen molar-refractivity contribution in [1.82, 2.24) is 14.9 Å². The van der Waals surface area contributed by atoms with Gasteiger partial charge in [0.15, 0.2) is 5.82 Å². The second-order valence-electron chi connectivity index (χ2n) is 7.60. The zero-order valence-electron chi connectivity index (χ0n) is 18.2. The fourth-order valence-corrected chi connectivity index (χ4v) is 4.59. The van der Waals surface area contributed by atoms with Crippen LogP contribution in [-0.2, 0) is 4.74 Å². The highest BCUT2D eigenvalue weighted by Crippen LogP contribution is 2.37. The molecule has 13 heteroatoms. The normalized spacial score (nSPS) is 15.4. The van der Waals surface area contributed by atoms with Crippen LogP contribution >= 0.6 is 11.3 Å². The summed E-state index contributed by atoms with van der Waals surface area (Å²) in [5.41, 5.74) is 5.35. The number of nitrogens with two attached hydrogens (primary N) is 1. The van der Waals surface area contributed by atoms with Crippen molar-refractivity contribution in [3.63, 3.8) is 0 Å². The summed E-state index contributed by atoms with van der Waals surface area (Å²) in [5.74, 6) is -2.18. The summed E-state index contributed by atoms with van der Waals surface area (Å²) >= 11 is 0.912. The van der Waals surface area contributed by atoms with Crippen LogP contribution in [0.2, 0.25) is 0 Å². The Morgan fingerprint density at radius 3 is 2.71 bits per heavy atom. The number of carbonyl (C=O) groups excluding carboxylic acids is 3. The number of piperidine rings is 1. The van der Waals surface area contributed by atoms with Gasteiger partial charge in [-0.3, -0.25) is 15.6 Å². The highest BCUT2D eigenvalue weighted by Gasteiger charge is 2.28. The number of ether oxygens (including phenoxy) is 1. The van der Waals surface area contributed by atoms with E-state index in [9.17, 15) is 23.2 Å². The minimum Gasteiger partial charge on any atom is -0.457 e. The highest BCUT2D eigenvalue weighted by molar-refractivity contribution is 7.20. The number of hydrogen-bond acceptors (Lipinski definition) is 7. The molecule has 1 atom stereocenters. The minimum atomic E-state index is -0.828. The van der Waals surface area contributed by atoms with Gasteiger partial charge in [0.05, 0.1) is 18.3 Å². The molecule has 0 aliphatic carbocycles. The van der Waals surface area contributed by atoms with Gasteiger partial charge in [-0.05, 0) is 31.0 Å². The van der Waals surface area contributed by atoms with Crippen molar-refractivity contribution < 1.29 is 27.9 Å². The summed E-state index contributed by atoms with van der Waals surface area (Å²) in [4.78, 5) is 46.5.